The lowest BCUT2D eigenvalue weighted by atomic mass is 10.3. The van der Waals surface area contributed by atoms with Gasteiger partial charge in [0.15, 0.2) is 5.21 Å². The Morgan fingerprint density at radius 3 is 2.46 bits per heavy atom. The summed E-state index contributed by atoms with van der Waals surface area (Å²) in [7, 11) is 0. The number of carbonyl (C=O) groups excluding carboxylic acids is 1. The molecule has 24 heavy (non-hydrogen) atoms. The van der Waals surface area contributed by atoms with Gasteiger partial charge in [0.05, 0.1) is 5.75 Å². The molecule has 122 valence electrons. The summed E-state index contributed by atoms with van der Waals surface area (Å²) in [5.74, 6) is 0.332. The zero-order valence-corrected chi connectivity index (χ0v) is 14.1. The van der Waals surface area contributed by atoms with Crippen LogP contribution >= 0.6 is 11.8 Å². The van der Waals surface area contributed by atoms with Crippen molar-refractivity contribution in [3.63, 3.8) is 0 Å². The fourth-order valence-electron chi connectivity index (χ4n) is 2.35. The van der Waals surface area contributed by atoms with E-state index in [0.29, 0.717) is 17.5 Å². The van der Waals surface area contributed by atoms with Gasteiger partial charge in [-0.25, -0.2) is 0 Å². The number of amides is 1. The molecule has 0 bridgehead atoms. The summed E-state index contributed by atoms with van der Waals surface area (Å²) in [6.45, 7) is 2.59. The van der Waals surface area contributed by atoms with E-state index in [0.717, 1.165) is 11.4 Å². The molecule has 1 heterocycles. The zero-order valence-electron chi connectivity index (χ0n) is 13.3. The number of aromatic nitrogens is 4. The molecule has 3 rings (SSSR count). The quantitative estimate of drug-likeness (QED) is 0.552. The van der Waals surface area contributed by atoms with E-state index in [1.54, 1.807) is 9.58 Å². The maximum atomic E-state index is 12.6. The second-order valence-corrected chi connectivity index (χ2v) is 5.96. The number of tetrazole rings is 1. The fourth-order valence-corrected chi connectivity index (χ4v) is 3.13. The van der Waals surface area contributed by atoms with Gasteiger partial charge >= 0.3 is 5.16 Å². The van der Waals surface area contributed by atoms with Gasteiger partial charge in [0.2, 0.25) is 5.91 Å². The van der Waals surface area contributed by atoms with Crippen LogP contribution < -0.4 is 9.58 Å². The van der Waals surface area contributed by atoms with E-state index in [4.69, 9.17) is 0 Å². The van der Waals surface area contributed by atoms with Crippen LogP contribution in [0.25, 0.3) is 5.69 Å². The summed E-state index contributed by atoms with van der Waals surface area (Å²) in [5.41, 5.74) is 1.83. The number of para-hydroxylation sites is 2. The zero-order chi connectivity index (χ0) is 16.8. The van der Waals surface area contributed by atoms with Crippen LogP contribution in [0.2, 0.25) is 0 Å². The molecule has 3 aromatic rings. The summed E-state index contributed by atoms with van der Waals surface area (Å²) in [4.78, 5) is 14.3. The largest absolute Gasteiger partial charge is 0.365 e. The van der Waals surface area contributed by atoms with Crippen LogP contribution in [0.15, 0.2) is 65.8 Å². The molecule has 1 aromatic heterocycles. The van der Waals surface area contributed by atoms with E-state index in [9.17, 15) is 4.79 Å². The highest BCUT2D eigenvalue weighted by Crippen LogP contribution is 2.17. The number of nitrogens with zero attached hydrogens (tertiary/aromatic N) is 4. The lowest BCUT2D eigenvalue weighted by Crippen LogP contribution is -2.36. The number of benzene rings is 2. The third-order valence-electron chi connectivity index (χ3n) is 3.50. The van der Waals surface area contributed by atoms with Crippen LogP contribution in [0.4, 0.5) is 5.69 Å². The fraction of sp³-hybridized carbons (Fsp3) is 0.176. The number of H-pyrrole nitrogens is 1. The molecule has 7 heteroatoms. The van der Waals surface area contributed by atoms with Crippen LogP contribution in [-0.2, 0) is 4.79 Å². The molecule has 0 aliphatic carbocycles. The number of hydrogen-bond acceptors (Lipinski definition) is 4. The topological polar surface area (TPSA) is 65.8 Å². The number of nitrogens with one attached hydrogen (secondary N) is 1. The van der Waals surface area contributed by atoms with Gasteiger partial charge in [-0.15, -0.1) is 4.68 Å². The molecule has 0 aliphatic rings. The van der Waals surface area contributed by atoms with Crippen molar-refractivity contribution >= 4 is 23.4 Å². The van der Waals surface area contributed by atoms with Crippen molar-refractivity contribution in [1.82, 2.24) is 15.5 Å². The summed E-state index contributed by atoms with van der Waals surface area (Å²) < 4.78 is 1.76. The van der Waals surface area contributed by atoms with Crippen molar-refractivity contribution in [2.45, 2.75) is 12.1 Å². The maximum Gasteiger partial charge on any atom is 0.365 e. The van der Waals surface area contributed by atoms with Gasteiger partial charge < -0.3 is 4.90 Å². The Bertz CT molecular complexity index is 791. The molecule has 6 nitrogen and oxygen atoms in total. The Kier molecular flexibility index (Phi) is 5.22. The smallest absolute Gasteiger partial charge is 0.312 e. The Balaban J connectivity index is 1.70. The molecule has 0 saturated carbocycles. The van der Waals surface area contributed by atoms with Crippen LogP contribution in [0.1, 0.15) is 6.92 Å². The Morgan fingerprint density at radius 2 is 1.79 bits per heavy atom. The maximum absolute atomic E-state index is 12.6. The van der Waals surface area contributed by atoms with Gasteiger partial charge in [0.25, 0.3) is 0 Å². The third-order valence-corrected chi connectivity index (χ3v) is 4.41. The number of rotatable bonds is 6. The SMILES string of the molecule is CCN(C(=O)CSc1nn[nH][n+]1-c1ccccc1)c1ccccc1. The first-order valence-corrected chi connectivity index (χ1v) is 8.65. The molecular weight excluding hydrogens is 322 g/mol. The van der Waals surface area contributed by atoms with Gasteiger partial charge in [-0.05, 0) is 43.0 Å². The third kappa shape index (κ3) is 3.62. The van der Waals surface area contributed by atoms with Crippen molar-refractivity contribution in [3.05, 3.63) is 60.7 Å². The molecule has 1 N–H and O–H groups in total. The van der Waals surface area contributed by atoms with E-state index in [-0.39, 0.29) is 5.91 Å². The summed E-state index contributed by atoms with van der Waals surface area (Å²) >= 11 is 1.36. The summed E-state index contributed by atoms with van der Waals surface area (Å²) in [6, 6.07) is 19.4. The van der Waals surface area contributed by atoms with Crippen molar-refractivity contribution < 1.29 is 9.48 Å². The molecule has 0 fully saturated rings. The highest BCUT2D eigenvalue weighted by Gasteiger charge is 2.21. The van der Waals surface area contributed by atoms with Crippen molar-refractivity contribution in [2.24, 2.45) is 0 Å². The highest BCUT2D eigenvalue weighted by atomic mass is 32.2. The van der Waals surface area contributed by atoms with E-state index in [2.05, 4.69) is 15.5 Å². The number of thioether (sulfide) groups is 1. The van der Waals surface area contributed by atoms with Crippen LogP contribution in [0.3, 0.4) is 0 Å². The van der Waals surface area contributed by atoms with Crippen LogP contribution in [-0.4, -0.2) is 33.7 Å². The standard InChI is InChI=1S/C17H17N5OS/c1-2-21(14-9-5-3-6-10-14)16(23)13-24-17-18-19-20-22(17)15-11-7-4-8-12-15/h3-12H,2,13H2,1H3/p+1. The molecule has 1 amide bonds. The number of carbonyl (C=O) groups is 1. The van der Waals surface area contributed by atoms with E-state index in [1.165, 1.54) is 11.8 Å². The van der Waals surface area contributed by atoms with Gasteiger partial charge in [0, 0.05) is 12.2 Å². The average Bonchev–Trinajstić information content (AvgIpc) is 3.11. The Labute approximate surface area is 144 Å². The van der Waals surface area contributed by atoms with E-state index in [1.807, 2.05) is 67.6 Å². The first kappa shape index (κ1) is 16.2. The number of hydrogen-bond donors (Lipinski definition) is 1. The minimum Gasteiger partial charge on any atom is -0.312 e. The molecular formula is C17H18N5OS+. The lowest BCUT2D eigenvalue weighted by molar-refractivity contribution is -0.697. The van der Waals surface area contributed by atoms with Gasteiger partial charge in [-0.2, -0.15) is 0 Å². The normalized spacial score (nSPS) is 10.5. The minimum atomic E-state index is 0.0383. The predicted molar refractivity (Wildman–Crippen MR) is 93.1 cm³/mol. The number of anilines is 1. The van der Waals surface area contributed by atoms with Crippen LogP contribution in [0, 0.1) is 0 Å². The molecule has 0 spiro atoms. The molecule has 0 atom stereocenters. The molecule has 0 unspecified atom stereocenters. The molecule has 0 radical (unpaired) electrons. The Morgan fingerprint density at radius 1 is 1.12 bits per heavy atom. The highest BCUT2D eigenvalue weighted by molar-refractivity contribution is 7.99. The van der Waals surface area contributed by atoms with Gasteiger partial charge in [-0.3, -0.25) is 4.79 Å². The van der Waals surface area contributed by atoms with E-state index >= 15 is 0 Å². The average molecular weight is 340 g/mol. The van der Waals surface area contributed by atoms with Crippen molar-refractivity contribution in [2.75, 3.05) is 17.2 Å². The predicted octanol–water partition coefficient (Wildman–Crippen LogP) is 2.23. The molecule has 0 aliphatic heterocycles. The second kappa shape index (κ2) is 7.74. The summed E-state index contributed by atoms with van der Waals surface area (Å²) in [6.07, 6.45) is 0. The van der Waals surface area contributed by atoms with Crippen molar-refractivity contribution in [3.8, 4) is 5.69 Å². The molecule has 0 saturated heterocycles. The van der Waals surface area contributed by atoms with E-state index < -0.39 is 0 Å². The lowest BCUT2D eigenvalue weighted by Gasteiger charge is -2.20. The molecule has 2 aromatic carbocycles. The minimum absolute atomic E-state index is 0.0383. The summed E-state index contributed by atoms with van der Waals surface area (Å²) in [5, 5.41) is 11.4. The monoisotopic (exact) mass is 340 g/mol. The van der Waals surface area contributed by atoms with Crippen LogP contribution in [0.5, 0.6) is 0 Å². The van der Waals surface area contributed by atoms with Gasteiger partial charge in [0.1, 0.15) is 10.8 Å². The first-order valence-electron chi connectivity index (χ1n) is 7.66. The van der Waals surface area contributed by atoms with Crippen molar-refractivity contribution in [1.29, 1.82) is 0 Å². The number of aromatic amines is 1. The first-order chi connectivity index (χ1) is 11.8. The Hall–Kier alpha value is -2.67. The second-order valence-electron chi connectivity index (χ2n) is 5.02. The van der Waals surface area contributed by atoms with Gasteiger partial charge in [-0.1, -0.05) is 41.6 Å².